The Balaban J connectivity index is 2.20. The van der Waals surface area contributed by atoms with Crippen molar-refractivity contribution in [1.29, 1.82) is 0 Å². The van der Waals surface area contributed by atoms with E-state index in [4.69, 9.17) is 4.74 Å². The number of carbonyl (C=O) groups is 2. The van der Waals surface area contributed by atoms with Gasteiger partial charge in [0.2, 0.25) is 0 Å². The molecule has 1 heterocycles. The zero-order valence-corrected chi connectivity index (χ0v) is 11.4. The first kappa shape index (κ1) is 13.6. The number of rotatable bonds is 2. The second-order valence-electron chi connectivity index (χ2n) is 5.09. The molecule has 0 aromatic heterocycles. The number of amides is 1. The maximum absolute atomic E-state index is 12.5. The third-order valence-corrected chi connectivity index (χ3v) is 3.32. The van der Waals surface area contributed by atoms with Gasteiger partial charge >= 0.3 is 5.97 Å². The molecule has 1 saturated heterocycles. The molecule has 1 fully saturated rings. The van der Waals surface area contributed by atoms with Crippen LogP contribution in [0.15, 0.2) is 24.3 Å². The molecule has 4 nitrogen and oxygen atoms in total. The van der Waals surface area contributed by atoms with Crippen molar-refractivity contribution in [3.05, 3.63) is 29.8 Å². The van der Waals surface area contributed by atoms with E-state index in [2.05, 4.69) is 6.92 Å². The summed E-state index contributed by atoms with van der Waals surface area (Å²) in [4.78, 5) is 25.4. The highest BCUT2D eigenvalue weighted by molar-refractivity contribution is 5.97. The van der Waals surface area contributed by atoms with E-state index in [1.807, 2.05) is 4.90 Å². The Hall–Kier alpha value is -1.84. The summed E-state index contributed by atoms with van der Waals surface area (Å²) in [6.07, 6.45) is 2.19. The van der Waals surface area contributed by atoms with Crippen LogP contribution in [0.2, 0.25) is 0 Å². The molecule has 1 aliphatic heterocycles. The van der Waals surface area contributed by atoms with Crippen molar-refractivity contribution in [1.82, 2.24) is 4.90 Å². The van der Waals surface area contributed by atoms with Crippen molar-refractivity contribution < 1.29 is 14.3 Å². The van der Waals surface area contributed by atoms with E-state index in [9.17, 15) is 9.59 Å². The summed E-state index contributed by atoms with van der Waals surface area (Å²) >= 11 is 0. The molecule has 1 aliphatic rings. The van der Waals surface area contributed by atoms with Gasteiger partial charge < -0.3 is 9.64 Å². The highest BCUT2D eigenvalue weighted by Crippen LogP contribution is 2.23. The van der Waals surface area contributed by atoms with Crippen molar-refractivity contribution >= 4 is 11.9 Å². The number of ether oxygens (including phenoxy) is 1. The van der Waals surface area contributed by atoms with Crippen LogP contribution in [-0.4, -0.2) is 29.9 Å². The Morgan fingerprint density at radius 2 is 2.05 bits per heavy atom. The molecule has 0 radical (unpaired) electrons. The number of esters is 1. The van der Waals surface area contributed by atoms with Crippen molar-refractivity contribution in [2.45, 2.75) is 26.7 Å². The van der Waals surface area contributed by atoms with Crippen LogP contribution >= 0.6 is 0 Å². The van der Waals surface area contributed by atoms with E-state index in [0.29, 0.717) is 17.2 Å². The van der Waals surface area contributed by atoms with Gasteiger partial charge in [-0.2, -0.15) is 0 Å². The summed E-state index contributed by atoms with van der Waals surface area (Å²) in [5.41, 5.74) is 0.465. The van der Waals surface area contributed by atoms with Crippen molar-refractivity contribution in [2.24, 2.45) is 5.92 Å². The number of piperidine rings is 1. The van der Waals surface area contributed by atoms with Gasteiger partial charge in [-0.3, -0.25) is 9.59 Å². The fraction of sp³-hybridized carbons (Fsp3) is 0.467. The summed E-state index contributed by atoms with van der Waals surface area (Å²) < 4.78 is 5.10. The summed E-state index contributed by atoms with van der Waals surface area (Å²) in [6.45, 7) is 5.03. The minimum atomic E-state index is -0.410. The van der Waals surface area contributed by atoms with Gasteiger partial charge in [0.25, 0.3) is 5.91 Å². The first-order chi connectivity index (χ1) is 9.08. The Labute approximate surface area is 113 Å². The number of nitrogens with zero attached hydrogens (tertiary/aromatic N) is 1. The molecule has 1 amide bonds. The molecule has 0 spiro atoms. The SMILES string of the molecule is CC(=O)Oc1ccccc1C(=O)N1CCCC(C)C1. The molecule has 2 rings (SSSR count). The molecule has 0 N–H and O–H groups in total. The van der Waals surface area contributed by atoms with Crippen LogP contribution in [0.1, 0.15) is 37.0 Å². The zero-order chi connectivity index (χ0) is 13.8. The second kappa shape index (κ2) is 5.87. The molecule has 1 aromatic rings. The normalized spacial score (nSPS) is 19.1. The maximum atomic E-state index is 12.5. The third kappa shape index (κ3) is 3.34. The van der Waals surface area contributed by atoms with E-state index in [0.717, 1.165) is 25.9 Å². The topological polar surface area (TPSA) is 46.6 Å². The van der Waals surface area contributed by atoms with Crippen LogP contribution in [0.4, 0.5) is 0 Å². The predicted octanol–water partition coefficient (Wildman–Crippen LogP) is 2.48. The van der Waals surface area contributed by atoms with Gasteiger partial charge in [-0.15, -0.1) is 0 Å². The van der Waals surface area contributed by atoms with Gasteiger partial charge in [0.1, 0.15) is 5.75 Å². The predicted molar refractivity (Wildman–Crippen MR) is 72.1 cm³/mol. The maximum Gasteiger partial charge on any atom is 0.308 e. The smallest absolute Gasteiger partial charge is 0.308 e. The highest BCUT2D eigenvalue weighted by Gasteiger charge is 2.24. The van der Waals surface area contributed by atoms with Gasteiger partial charge in [0.05, 0.1) is 5.56 Å². The highest BCUT2D eigenvalue weighted by atomic mass is 16.5. The molecule has 4 heteroatoms. The van der Waals surface area contributed by atoms with Crippen LogP contribution in [-0.2, 0) is 4.79 Å². The average Bonchev–Trinajstić information content (AvgIpc) is 2.38. The second-order valence-corrected chi connectivity index (χ2v) is 5.09. The van der Waals surface area contributed by atoms with Gasteiger partial charge in [-0.25, -0.2) is 0 Å². The van der Waals surface area contributed by atoms with Gasteiger partial charge in [-0.1, -0.05) is 19.1 Å². The summed E-state index contributed by atoms with van der Waals surface area (Å²) in [7, 11) is 0. The van der Waals surface area contributed by atoms with E-state index < -0.39 is 5.97 Å². The standard InChI is InChI=1S/C15H19NO3/c1-11-6-5-9-16(10-11)15(18)13-7-3-4-8-14(13)19-12(2)17/h3-4,7-8,11H,5-6,9-10H2,1-2H3. The Morgan fingerprint density at radius 3 is 2.74 bits per heavy atom. The van der Waals surface area contributed by atoms with Crippen molar-refractivity contribution in [3.63, 3.8) is 0 Å². The summed E-state index contributed by atoms with van der Waals surface area (Å²) in [6, 6.07) is 6.91. The number of benzene rings is 1. The summed E-state index contributed by atoms with van der Waals surface area (Å²) in [5, 5.41) is 0. The van der Waals surface area contributed by atoms with Crippen LogP contribution in [0.5, 0.6) is 5.75 Å². The number of hydrogen-bond acceptors (Lipinski definition) is 3. The lowest BCUT2D eigenvalue weighted by Crippen LogP contribution is -2.39. The largest absolute Gasteiger partial charge is 0.426 e. The quantitative estimate of drug-likeness (QED) is 0.607. The zero-order valence-electron chi connectivity index (χ0n) is 11.4. The van der Waals surface area contributed by atoms with Gasteiger partial charge in [0, 0.05) is 20.0 Å². The van der Waals surface area contributed by atoms with Gasteiger partial charge in [0.15, 0.2) is 0 Å². The van der Waals surface area contributed by atoms with E-state index in [1.54, 1.807) is 24.3 Å². The van der Waals surface area contributed by atoms with Gasteiger partial charge in [-0.05, 0) is 30.9 Å². The Morgan fingerprint density at radius 1 is 1.32 bits per heavy atom. The minimum absolute atomic E-state index is 0.0524. The molecular formula is C15H19NO3. The van der Waals surface area contributed by atoms with E-state index in [-0.39, 0.29) is 5.91 Å². The number of hydrogen-bond donors (Lipinski definition) is 0. The third-order valence-electron chi connectivity index (χ3n) is 3.32. The fourth-order valence-electron chi connectivity index (χ4n) is 2.43. The molecule has 19 heavy (non-hydrogen) atoms. The fourth-order valence-corrected chi connectivity index (χ4v) is 2.43. The lowest BCUT2D eigenvalue weighted by molar-refractivity contribution is -0.131. The molecule has 1 atom stereocenters. The van der Waals surface area contributed by atoms with Crippen LogP contribution in [0, 0.1) is 5.92 Å². The van der Waals surface area contributed by atoms with E-state index in [1.165, 1.54) is 6.92 Å². The lowest BCUT2D eigenvalue weighted by atomic mass is 9.99. The molecule has 0 saturated carbocycles. The molecule has 1 aromatic carbocycles. The van der Waals surface area contributed by atoms with Crippen molar-refractivity contribution in [2.75, 3.05) is 13.1 Å². The molecule has 1 unspecified atom stereocenters. The summed E-state index contributed by atoms with van der Waals surface area (Å²) in [5.74, 6) is 0.410. The molecular weight excluding hydrogens is 242 g/mol. The Kier molecular flexibility index (Phi) is 4.20. The average molecular weight is 261 g/mol. The first-order valence-corrected chi connectivity index (χ1v) is 6.64. The number of carbonyl (C=O) groups excluding carboxylic acids is 2. The minimum Gasteiger partial charge on any atom is -0.426 e. The lowest BCUT2D eigenvalue weighted by Gasteiger charge is -2.31. The van der Waals surface area contributed by atoms with Crippen LogP contribution in [0.25, 0.3) is 0 Å². The van der Waals surface area contributed by atoms with E-state index >= 15 is 0 Å². The molecule has 0 bridgehead atoms. The molecule has 0 aliphatic carbocycles. The Bertz CT molecular complexity index is 484. The monoisotopic (exact) mass is 261 g/mol. The number of para-hydroxylation sites is 1. The van der Waals surface area contributed by atoms with Crippen molar-refractivity contribution in [3.8, 4) is 5.75 Å². The first-order valence-electron chi connectivity index (χ1n) is 6.64. The number of likely N-dealkylation sites (tertiary alicyclic amines) is 1. The molecule has 102 valence electrons. The van der Waals surface area contributed by atoms with Crippen LogP contribution < -0.4 is 4.74 Å². The van der Waals surface area contributed by atoms with Crippen LogP contribution in [0.3, 0.4) is 0 Å².